The van der Waals surface area contributed by atoms with E-state index in [4.69, 9.17) is 0 Å². The van der Waals surface area contributed by atoms with Crippen LogP contribution in [0.5, 0.6) is 0 Å². The van der Waals surface area contributed by atoms with Crippen LogP contribution >= 0.6 is 11.3 Å². The molecule has 0 unspecified atom stereocenters. The summed E-state index contributed by atoms with van der Waals surface area (Å²) in [6.07, 6.45) is 2.73. The van der Waals surface area contributed by atoms with E-state index in [0.717, 1.165) is 17.4 Å². The number of benzene rings is 2. The number of thiazole rings is 1. The molecule has 1 aromatic heterocycles. The fourth-order valence-electron chi connectivity index (χ4n) is 2.46. The van der Waals surface area contributed by atoms with Crippen LogP contribution in [0.4, 0.5) is 16.5 Å². The zero-order valence-electron chi connectivity index (χ0n) is 15.6. The fraction of sp³-hybridized carbons (Fsp3) is 0. The first-order valence-electron chi connectivity index (χ1n) is 8.56. The van der Waals surface area contributed by atoms with Crippen molar-refractivity contribution in [3.8, 4) is 0 Å². The number of hydrogen-bond acceptors (Lipinski definition) is 8. The van der Waals surface area contributed by atoms with Crippen molar-refractivity contribution in [1.82, 2.24) is 10.3 Å². The summed E-state index contributed by atoms with van der Waals surface area (Å²) >= 11 is 1.15. The molecule has 3 aromatic rings. The highest BCUT2D eigenvalue weighted by atomic mass is 32.1. The third-order valence-electron chi connectivity index (χ3n) is 3.86. The standard InChI is InChI=1S/C19H13N5O6S/c25-17(13-4-2-6-15(11-13)24(29)30)21-16(18(26)22-19-20-7-8-31-19)10-12-3-1-5-14(9-12)23(27)28/h1-11H,(H,21,25)(H,20,22,26)/b16-10-. The van der Waals surface area contributed by atoms with E-state index in [0.29, 0.717) is 0 Å². The minimum Gasteiger partial charge on any atom is -0.317 e. The number of nitrogens with one attached hydrogen (secondary N) is 2. The molecule has 11 nitrogen and oxygen atoms in total. The second-order valence-corrected chi connectivity index (χ2v) is 6.86. The van der Waals surface area contributed by atoms with E-state index >= 15 is 0 Å². The highest BCUT2D eigenvalue weighted by molar-refractivity contribution is 7.13. The topological polar surface area (TPSA) is 157 Å². The Morgan fingerprint density at radius 3 is 2.32 bits per heavy atom. The van der Waals surface area contributed by atoms with Crippen LogP contribution in [0.3, 0.4) is 0 Å². The summed E-state index contributed by atoms with van der Waals surface area (Å²) in [5.74, 6) is -1.49. The Bertz CT molecular complexity index is 1190. The lowest BCUT2D eigenvalue weighted by atomic mass is 10.1. The van der Waals surface area contributed by atoms with E-state index in [2.05, 4.69) is 15.6 Å². The smallest absolute Gasteiger partial charge is 0.273 e. The van der Waals surface area contributed by atoms with Crippen LogP contribution in [0, 0.1) is 20.2 Å². The number of aromatic nitrogens is 1. The molecule has 2 N–H and O–H groups in total. The molecule has 2 aromatic carbocycles. The molecule has 0 saturated carbocycles. The minimum atomic E-state index is -0.769. The molecule has 0 bridgehead atoms. The van der Waals surface area contributed by atoms with Crippen molar-refractivity contribution < 1.29 is 19.4 Å². The molecule has 0 atom stereocenters. The van der Waals surface area contributed by atoms with Gasteiger partial charge in [-0.2, -0.15) is 0 Å². The van der Waals surface area contributed by atoms with E-state index in [-0.39, 0.29) is 33.3 Å². The average molecular weight is 439 g/mol. The number of nitro groups is 2. The van der Waals surface area contributed by atoms with Gasteiger partial charge in [0, 0.05) is 41.4 Å². The number of nitrogens with zero attached hydrogens (tertiary/aromatic N) is 3. The van der Waals surface area contributed by atoms with Gasteiger partial charge in [-0.3, -0.25) is 35.1 Å². The van der Waals surface area contributed by atoms with Gasteiger partial charge in [0.25, 0.3) is 23.2 Å². The highest BCUT2D eigenvalue weighted by Gasteiger charge is 2.18. The summed E-state index contributed by atoms with van der Waals surface area (Å²) in [5.41, 5.74) is -0.464. The minimum absolute atomic E-state index is 0.0406. The van der Waals surface area contributed by atoms with Crippen molar-refractivity contribution in [3.63, 3.8) is 0 Å². The van der Waals surface area contributed by atoms with Crippen molar-refractivity contribution in [2.24, 2.45) is 0 Å². The molecule has 2 amide bonds. The first kappa shape index (κ1) is 21.3. The number of anilines is 1. The summed E-state index contributed by atoms with van der Waals surface area (Å²) in [5, 5.41) is 28.8. The number of hydrogen-bond donors (Lipinski definition) is 2. The second-order valence-electron chi connectivity index (χ2n) is 5.96. The molecular formula is C19H13N5O6S. The normalized spacial score (nSPS) is 10.9. The third kappa shape index (κ3) is 5.55. The molecule has 31 heavy (non-hydrogen) atoms. The van der Waals surface area contributed by atoms with Gasteiger partial charge in [0.15, 0.2) is 5.13 Å². The zero-order chi connectivity index (χ0) is 22.4. The molecule has 0 aliphatic rings. The third-order valence-corrected chi connectivity index (χ3v) is 4.55. The van der Waals surface area contributed by atoms with Crippen LogP contribution in [0.25, 0.3) is 6.08 Å². The lowest BCUT2D eigenvalue weighted by Gasteiger charge is -2.10. The molecule has 0 aliphatic carbocycles. The van der Waals surface area contributed by atoms with E-state index in [1.165, 1.54) is 54.7 Å². The van der Waals surface area contributed by atoms with Crippen molar-refractivity contribution in [2.75, 3.05) is 5.32 Å². The van der Waals surface area contributed by atoms with Crippen molar-refractivity contribution in [1.29, 1.82) is 0 Å². The van der Waals surface area contributed by atoms with Crippen LogP contribution in [-0.2, 0) is 4.79 Å². The quantitative estimate of drug-likeness (QED) is 0.324. The molecular weight excluding hydrogens is 426 g/mol. The van der Waals surface area contributed by atoms with Crippen LogP contribution < -0.4 is 10.6 Å². The molecule has 0 spiro atoms. The Morgan fingerprint density at radius 2 is 1.68 bits per heavy atom. The Hall–Kier alpha value is -4.45. The Kier molecular flexibility index (Phi) is 6.42. The van der Waals surface area contributed by atoms with E-state index in [1.54, 1.807) is 5.38 Å². The van der Waals surface area contributed by atoms with Crippen molar-refractivity contribution in [3.05, 3.63) is 97.2 Å². The number of carbonyl (C=O) groups excluding carboxylic acids is 2. The van der Waals surface area contributed by atoms with E-state index in [9.17, 15) is 29.8 Å². The predicted molar refractivity (Wildman–Crippen MR) is 112 cm³/mol. The molecule has 0 aliphatic heterocycles. The maximum Gasteiger partial charge on any atom is 0.273 e. The summed E-state index contributed by atoms with van der Waals surface area (Å²) < 4.78 is 0. The largest absolute Gasteiger partial charge is 0.317 e. The molecule has 12 heteroatoms. The summed E-state index contributed by atoms with van der Waals surface area (Å²) in [6, 6.07) is 10.5. The summed E-state index contributed by atoms with van der Waals surface area (Å²) in [6.45, 7) is 0. The Labute approximate surface area is 178 Å². The van der Waals surface area contributed by atoms with Gasteiger partial charge < -0.3 is 5.32 Å². The van der Waals surface area contributed by atoms with Crippen LogP contribution in [-0.4, -0.2) is 26.6 Å². The Balaban J connectivity index is 1.93. The second kappa shape index (κ2) is 9.37. The SMILES string of the molecule is O=C(Nc1nccs1)/C(=C/c1cccc([N+](=O)[O-])c1)NC(=O)c1cccc([N+](=O)[O-])c1. The molecule has 3 rings (SSSR count). The van der Waals surface area contributed by atoms with Gasteiger partial charge in [-0.05, 0) is 17.7 Å². The van der Waals surface area contributed by atoms with Gasteiger partial charge in [0.1, 0.15) is 5.70 Å². The first-order valence-corrected chi connectivity index (χ1v) is 9.44. The van der Waals surface area contributed by atoms with Gasteiger partial charge in [-0.15, -0.1) is 11.3 Å². The predicted octanol–water partition coefficient (Wildman–Crippen LogP) is 3.37. The fourth-order valence-corrected chi connectivity index (χ4v) is 2.98. The molecule has 0 fully saturated rings. The van der Waals surface area contributed by atoms with Crippen molar-refractivity contribution >= 4 is 45.7 Å². The summed E-state index contributed by atoms with van der Waals surface area (Å²) in [4.78, 5) is 50.0. The number of carbonyl (C=O) groups is 2. The maximum absolute atomic E-state index is 12.7. The maximum atomic E-state index is 12.7. The number of non-ortho nitro benzene ring substituents is 2. The highest BCUT2D eigenvalue weighted by Crippen LogP contribution is 2.18. The average Bonchev–Trinajstić information content (AvgIpc) is 3.26. The number of rotatable bonds is 7. The van der Waals surface area contributed by atoms with E-state index in [1.807, 2.05) is 0 Å². The van der Waals surface area contributed by atoms with Crippen molar-refractivity contribution in [2.45, 2.75) is 0 Å². The lowest BCUT2D eigenvalue weighted by molar-refractivity contribution is -0.385. The number of nitro benzene ring substituents is 2. The van der Waals surface area contributed by atoms with Gasteiger partial charge in [0.2, 0.25) is 0 Å². The van der Waals surface area contributed by atoms with Gasteiger partial charge in [0.05, 0.1) is 9.85 Å². The van der Waals surface area contributed by atoms with Gasteiger partial charge in [-0.25, -0.2) is 4.98 Å². The lowest BCUT2D eigenvalue weighted by Crippen LogP contribution is -2.30. The van der Waals surface area contributed by atoms with E-state index < -0.39 is 21.7 Å². The van der Waals surface area contributed by atoms with Crippen LogP contribution in [0.1, 0.15) is 15.9 Å². The Morgan fingerprint density at radius 1 is 1.00 bits per heavy atom. The van der Waals surface area contributed by atoms with Crippen LogP contribution in [0.15, 0.2) is 65.8 Å². The van der Waals surface area contributed by atoms with Gasteiger partial charge in [-0.1, -0.05) is 18.2 Å². The first-order chi connectivity index (χ1) is 14.8. The molecule has 1 heterocycles. The molecule has 156 valence electrons. The summed E-state index contributed by atoms with van der Waals surface area (Å²) in [7, 11) is 0. The van der Waals surface area contributed by atoms with Gasteiger partial charge >= 0.3 is 0 Å². The monoisotopic (exact) mass is 439 g/mol. The zero-order valence-corrected chi connectivity index (χ0v) is 16.4. The van der Waals surface area contributed by atoms with Crippen LogP contribution in [0.2, 0.25) is 0 Å². The molecule has 0 saturated heterocycles. The molecule has 0 radical (unpaired) electrons. The number of amides is 2.